The summed E-state index contributed by atoms with van der Waals surface area (Å²) in [5.41, 5.74) is 4.70. The third-order valence-electron chi connectivity index (χ3n) is 5.67. The molecule has 0 saturated heterocycles. The van der Waals surface area contributed by atoms with Gasteiger partial charge in [-0.3, -0.25) is 9.78 Å². The first kappa shape index (κ1) is 21.0. The molecule has 2 aromatic carbocycles. The Bertz CT molecular complexity index is 1450. The zero-order valence-electron chi connectivity index (χ0n) is 18.1. The normalized spacial score (nSPS) is 11.1. The van der Waals surface area contributed by atoms with Gasteiger partial charge in [-0.15, -0.1) is 0 Å². The second kappa shape index (κ2) is 8.56. The molecule has 0 aliphatic rings. The highest BCUT2D eigenvalue weighted by atomic mass is 35.5. The molecule has 7 heteroatoms. The number of aromatic nitrogens is 3. The zero-order chi connectivity index (χ0) is 22.9. The Morgan fingerprint density at radius 1 is 1.15 bits per heavy atom. The van der Waals surface area contributed by atoms with Gasteiger partial charge in [0.05, 0.1) is 12.7 Å². The molecule has 5 aromatic rings. The Morgan fingerprint density at radius 3 is 2.70 bits per heavy atom. The minimum Gasteiger partial charge on any atom is -0.497 e. The monoisotopic (exact) mass is 457 g/mol. The van der Waals surface area contributed by atoms with Crippen molar-refractivity contribution in [1.29, 1.82) is 0 Å². The van der Waals surface area contributed by atoms with Gasteiger partial charge in [-0.05, 0) is 55.0 Å². The third kappa shape index (κ3) is 3.90. The molecule has 0 unspecified atom stereocenters. The smallest absolute Gasteiger partial charge is 0.268 e. The molecule has 3 aromatic heterocycles. The van der Waals surface area contributed by atoms with Crippen LogP contribution in [0.4, 0.5) is 0 Å². The van der Waals surface area contributed by atoms with E-state index in [0.717, 1.165) is 27.7 Å². The topological polar surface area (TPSA) is 70.2 Å². The van der Waals surface area contributed by atoms with E-state index in [1.54, 1.807) is 19.5 Å². The molecule has 0 amide bonds. The number of pyridine rings is 1. The van der Waals surface area contributed by atoms with Gasteiger partial charge in [0.2, 0.25) is 5.78 Å². The molecule has 0 aliphatic carbocycles. The molecule has 0 saturated carbocycles. The number of carbonyl (C=O) groups is 1. The molecule has 6 nitrogen and oxygen atoms in total. The minimum absolute atomic E-state index is 0.0327. The van der Waals surface area contributed by atoms with Gasteiger partial charge < -0.3 is 13.7 Å². The first-order chi connectivity index (χ1) is 16.0. The number of benzene rings is 2. The number of ketones is 1. The van der Waals surface area contributed by atoms with E-state index < -0.39 is 0 Å². The number of carbonyl (C=O) groups excluding carboxylic acids is 1. The van der Waals surface area contributed by atoms with Gasteiger partial charge in [0.25, 0.3) is 5.89 Å². The third-order valence-corrected chi connectivity index (χ3v) is 5.92. The van der Waals surface area contributed by atoms with Crippen LogP contribution in [0.15, 0.2) is 77.7 Å². The molecule has 0 bridgehead atoms. The van der Waals surface area contributed by atoms with E-state index in [2.05, 4.69) is 14.5 Å². The van der Waals surface area contributed by atoms with Crippen LogP contribution < -0.4 is 4.74 Å². The lowest BCUT2D eigenvalue weighted by atomic mass is 10.1. The molecule has 0 fully saturated rings. The number of nitrogens with zero attached hydrogens (tertiary/aromatic N) is 3. The average Bonchev–Trinajstić information content (AvgIpc) is 3.44. The first-order valence-electron chi connectivity index (χ1n) is 10.4. The van der Waals surface area contributed by atoms with Crippen LogP contribution in [0.2, 0.25) is 5.02 Å². The van der Waals surface area contributed by atoms with Crippen molar-refractivity contribution in [2.45, 2.75) is 13.5 Å². The van der Waals surface area contributed by atoms with Gasteiger partial charge in [-0.25, -0.2) is 4.98 Å². The number of ether oxygens (including phenoxy) is 1. The molecule has 0 atom stereocenters. The first-order valence-corrected chi connectivity index (χ1v) is 10.7. The summed E-state index contributed by atoms with van der Waals surface area (Å²) in [5.74, 6) is 0.421. The molecule has 164 valence electrons. The Labute approximate surface area is 195 Å². The summed E-state index contributed by atoms with van der Waals surface area (Å²) in [7, 11) is 1.61. The maximum Gasteiger partial charge on any atom is 0.268 e. The summed E-state index contributed by atoms with van der Waals surface area (Å²) in [5, 5.41) is 1.47. The minimum atomic E-state index is -0.282. The maximum absolute atomic E-state index is 13.6. The van der Waals surface area contributed by atoms with Gasteiger partial charge in [-0.1, -0.05) is 23.7 Å². The molecule has 5 rings (SSSR count). The Morgan fingerprint density at radius 2 is 1.97 bits per heavy atom. The fourth-order valence-corrected chi connectivity index (χ4v) is 4.11. The van der Waals surface area contributed by atoms with Crippen molar-refractivity contribution in [1.82, 2.24) is 14.5 Å². The van der Waals surface area contributed by atoms with Crippen LogP contribution >= 0.6 is 11.6 Å². The summed E-state index contributed by atoms with van der Waals surface area (Å²) in [6, 6.07) is 17.1. The van der Waals surface area contributed by atoms with Crippen molar-refractivity contribution in [3.05, 3.63) is 101 Å². The number of halogens is 1. The summed E-state index contributed by atoms with van der Waals surface area (Å²) >= 11 is 6.05. The van der Waals surface area contributed by atoms with E-state index >= 15 is 0 Å². The quantitative estimate of drug-likeness (QED) is 0.295. The van der Waals surface area contributed by atoms with E-state index in [1.807, 2.05) is 61.5 Å². The number of rotatable bonds is 6. The highest BCUT2D eigenvalue weighted by Gasteiger charge is 2.25. The molecule has 0 spiro atoms. The lowest BCUT2D eigenvalue weighted by molar-refractivity contribution is 0.100. The van der Waals surface area contributed by atoms with Crippen molar-refractivity contribution in [3.63, 3.8) is 0 Å². The highest BCUT2D eigenvalue weighted by molar-refractivity contribution is 6.30. The van der Waals surface area contributed by atoms with Crippen molar-refractivity contribution in [2.24, 2.45) is 0 Å². The molecular weight excluding hydrogens is 438 g/mol. The lowest BCUT2D eigenvalue weighted by Gasteiger charge is -2.09. The van der Waals surface area contributed by atoms with E-state index in [1.165, 1.54) is 6.26 Å². The number of methoxy groups -OCH3 is 1. The molecular formula is C26H20ClN3O3. The largest absolute Gasteiger partial charge is 0.497 e. The van der Waals surface area contributed by atoms with Gasteiger partial charge in [0.15, 0.2) is 0 Å². The fourth-order valence-electron chi connectivity index (χ4n) is 3.98. The highest BCUT2D eigenvalue weighted by Crippen LogP contribution is 2.32. The second-order valence-electron chi connectivity index (χ2n) is 7.66. The lowest BCUT2D eigenvalue weighted by Crippen LogP contribution is -2.06. The molecule has 0 N–H and O–H groups in total. The van der Waals surface area contributed by atoms with Gasteiger partial charge in [0, 0.05) is 46.1 Å². The van der Waals surface area contributed by atoms with E-state index in [9.17, 15) is 4.79 Å². The van der Waals surface area contributed by atoms with Crippen LogP contribution in [-0.4, -0.2) is 27.4 Å². The number of fused-ring (bicyclic) bond motifs is 1. The molecule has 33 heavy (non-hydrogen) atoms. The van der Waals surface area contributed by atoms with Gasteiger partial charge in [0.1, 0.15) is 17.7 Å². The van der Waals surface area contributed by atoms with Gasteiger partial charge in [-0.2, -0.15) is 0 Å². The summed E-state index contributed by atoms with van der Waals surface area (Å²) < 4.78 is 13.1. The van der Waals surface area contributed by atoms with Crippen LogP contribution in [-0.2, 0) is 6.54 Å². The van der Waals surface area contributed by atoms with Crippen LogP contribution in [0.1, 0.15) is 27.5 Å². The Hall–Kier alpha value is -3.90. The summed E-state index contributed by atoms with van der Waals surface area (Å²) in [4.78, 5) is 22.1. The number of hydrogen-bond donors (Lipinski definition) is 0. The Kier molecular flexibility index (Phi) is 5.44. The second-order valence-corrected chi connectivity index (χ2v) is 8.10. The van der Waals surface area contributed by atoms with Gasteiger partial charge >= 0.3 is 0 Å². The Balaban J connectivity index is 1.61. The van der Waals surface area contributed by atoms with E-state index in [4.69, 9.17) is 20.8 Å². The number of hydrogen-bond acceptors (Lipinski definition) is 5. The van der Waals surface area contributed by atoms with Crippen molar-refractivity contribution >= 4 is 28.3 Å². The average molecular weight is 458 g/mol. The maximum atomic E-state index is 13.6. The van der Waals surface area contributed by atoms with E-state index in [-0.39, 0.29) is 11.7 Å². The van der Waals surface area contributed by atoms with Crippen LogP contribution in [0.3, 0.4) is 0 Å². The molecule has 3 heterocycles. The standard InChI is InChI=1S/C26H20ClN3O3/c1-16-24(25(31)26-29-22(15-33-26)18-4-3-11-28-13-18)21-12-20(32-2)9-10-23(21)30(16)14-17-5-7-19(27)8-6-17/h3-13,15H,14H2,1-2H3. The zero-order valence-corrected chi connectivity index (χ0v) is 18.8. The predicted molar refractivity (Wildman–Crippen MR) is 127 cm³/mol. The van der Waals surface area contributed by atoms with E-state index in [0.29, 0.717) is 28.6 Å². The summed E-state index contributed by atoms with van der Waals surface area (Å²) in [6.45, 7) is 2.52. The predicted octanol–water partition coefficient (Wildman–Crippen LogP) is 5.94. The van der Waals surface area contributed by atoms with Crippen LogP contribution in [0.5, 0.6) is 5.75 Å². The van der Waals surface area contributed by atoms with Crippen LogP contribution in [0.25, 0.3) is 22.2 Å². The van der Waals surface area contributed by atoms with Crippen molar-refractivity contribution in [3.8, 4) is 17.0 Å². The fraction of sp³-hybridized carbons (Fsp3) is 0.115. The SMILES string of the molecule is COc1ccc2c(c1)c(C(=O)c1nc(-c3cccnc3)co1)c(C)n2Cc1ccc(Cl)cc1. The van der Waals surface area contributed by atoms with Crippen molar-refractivity contribution in [2.75, 3.05) is 7.11 Å². The summed E-state index contributed by atoms with van der Waals surface area (Å²) in [6.07, 6.45) is 4.84. The number of oxazole rings is 1. The van der Waals surface area contributed by atoms with Crippen molar-refractivity contribution < 1.29 is 13.9 Å². The molecule has 0 radical (unpaired) electrons. The molecule has 0 aliphatic heterocycles. The van der Waals surface area contributed by atoms with Crippen LogP contribution in [0, 0.1) is 6.92 Å².